The number of hydrogen-bond acceptors (Lipinski definition) is 4. The zero-order chi connectivity index (χ0) is 14.4. The van der Waals surface area contributed by atoms with Crippen LogP contribution in [0.15, 0.2) is 24.3 Å². The highest BCUT2D eigenvalue weighted by Crippen LogP contribution is 2.19. The largest absolute Gasteiger partial charge is 0.491 e. The number of morpholine rings is 1. The van der Waals surface area contributed by atoms with Crippen LogP contribution in [-0.4, -0.2) is 37.8 Å². The van der Waals surface area contributed by atoms with Gasteiger partial charge in [-0.05, 0) is 19.9 Å². The van der Waals surface area contributed by atoms with Crippen LogP contribution in [0.4, 0.5) is 0 Å². The normalized spacial score (nSPS) is 18.0. The first-order valence-electron chi connectivity index (χ1n) is 7.01. The number of carbonyl (C=O) groups excluding carboxylic acids is 1. The minimum atomic E-state index is -0.401. The summed E-state index contributed by atoms with van der Waals surface area (Å²) in [4.78, 5) is 12.0. The molecule has 1 fully saturated rings. The average molecular weight is 315 g/mol. The second kappa shape index (κ2) is 8.87. The molecule has 2 rings (SSSR count). The Balaban J connectivity index is 0.00000220. The summed E-state index contributed by atoms with van der Waals surface area (Å²) in [5.74, 6) is 0.724. The third-order valence-electron chi connectivity index (χ3n) is 3.01. The molecule has 1 heterocycles. The van der Waals surface area contributed by atoms with Crippen molar-refractivity contribution in [3.8, 4) is 5.75 Å². The molecule has 1 aromatic rings. The van der Waals surface area contributed by atoms with Crippen LogP contribution in [0.1, 0.15) is 19.4 Å². The smallest absolute Gasteiger partial charge is 0.250 e. The maximum absolute atomic E-state index is 12.0. The van der Waals surface area contributed by atoms with Gasteiger partial charge in [0, 0.05) is 25.2 Å². The summed E-state index contributed by atoms with van der Waals surface area (Å²) in [6.07, 6.45) is -0.292. The lowest BCUT2D eigenvalue weighted by molar-refractivity contribution is -0.134. The van der Waals surface area contributed by atoms with Gasteiger partial charge in [0.15, 0.2) is 0 Å². The van der Waals surface area contributed by atoms with Gasteiger partial charge in [-0.15, -0.1) is 12.4 Å². The number of amides is 1. The fraction of sp³-hybridized carbons (Fsp3) is 0.533. The number of carbonyl (C=O) groups is 1. The van der Waals surface area contributed by atoms with Crippen molar-refractivity contribution in [1.29, 1.82) is 0 Å². The van der Waals surface area contributed by atoms with Crippen molar-refractivity contribution in [2.75, 3.05) is 19.7 Å². The Hall–Kier alpha value is -1.30. The van der Waals surface area contributed by atoms with E-state index in [0.29, 0.717) is 19.7 Å². The minimum absolute atomic E-state index is 0. The van der Waals surface area contributed by atoms with Crippen molar-refractivity contribution in [2.24, 2.45) is 0 Å². The molecule has 1 atom stereocenters. The summed E-state index contributed by atoms with van der Waals surface area (Å²) < 4.78 is 11.1. The molecule has 21 heavy (non-hydrogen) atoms. The second-order valence-electron chi connectivity index (χ2n) is 5.06. The number of benzene rings is 1. The lowest BCUT2D eigenvalue weighted by Crippen LogP contribution is -2.47. The van der Waals surface area contributed by atoms with E-state index >= 15 is 0 Å². The molecule has 6 heteroatoms. The predicted molar refractivity (Wildman–Crippen MR) is 83.9 cm³/mol. The Kier molecular flexibility index (Phi) is 7.50. The lowest BCUT2D eigenvalue weighted by Gasteiger charge is -2.23. The molecular formula is C15H23ClN2O3. The SMILES string of the molecule is CC(C)Oc1ccccc1CNC(=O)C1CNCCO1.Cl. The van der Waals surface area contributed by atoms with Crippen molar-refractivity contribution in [3.63, 3.8) is 0 Å². The van der Waals surface area contributed by atoms with Crippen LogP contribution in [0.5, 0.6) is 5.75 Å². The highest BCUT2D eigenvalue weighted by molar-refractivity contribution is 5.85. The molecule has 5 nitrogen and oxygen atoms in total. The second-order valence-corrected chi connectivity index (χ2v) is 5.06. The molecular weight excluding hydrogens is 292 g/mol. The molecule has 0 aliphatic carbocycles. The summed E-state index contributed by atoms with van der Waals surface area (Å²) in [6, 6.07) is 7.74. The molecule has 0 bridgehead atoms. The molecule has 2 N–H and O–H groups in total. The van der Waals surface area contributed by atoms with Crippen LogP contribution in [0.25, 0.3) is 0 Å². The van der Waals surface area contributed by atoms with E-state index in [1.165, 1.54) is 0 Å². The predicted octanol–water partition coefficient (Wildman–Crippen LogP) is 1.50. The van der Waals surface area contributed by atoms with Gasteiger partial charge in [-0.3, -0.25) is 4.79 Å². The highest BCUT2D eigenvalue weighted by atomic mass is 35.5. The summed E-state index contributed by atoms with van der Waals surface area (Å²) in [7, 11) is 0. The zero-order valence-electron chi connectivity index (χ0n) is 12.4. The number of halogens is 1. The quantitative estimate of drug-likeness (QED) is 0.865. The maximum atomic E-state index is 12.0. The van der Waals surface area contributed by atoms with E-state index in [9.17, 15) is 4.79 Å². The third kappa shape index (κ3) is 5.53. The van der Waals surface area contributed by atoms with Crippen LogP contribution in [-0.2, 0) is 16.1 Å². The Bertz CT molecular complexity index is 448. The Morgan fingerprint density at radius 2 is 2.24 bits per heavy atom. The van der Waals surface area contributed by atoms with Gasteiger partial charge in [0.1, 0.15) is 11.9 Å². The van der Waals surface area contributed by atoms with Crippen LogP contribution in [0.2, 0.25) is 0 Å². The molecule has 0 saturated carbocycles. The van der Waals surface area contributed by atoms with Crippen molar-refractivity contribution in [3.05, 3.63) is 29.8 Å². The van der Waals surface area contributed by atoms with Gasteiger partial charge in [-0.1, -0.05) is 18.2 Å². The number of rotatable bonds is 5. The zero-order valence-corrected chi connectivity index (χ0v) is 13.2. The Labute approximate surface area is 131 Å². The first-order chi connectivity index (χ1) is 9.66. The van der Waals surface area contributed by atoms with E-state index < -0.39 is 6.10 Å². The van der Waals surface area contributed by atoms with E-state index in [1.54, 1.807) is 0 Å². The molecule has 1 aromatic carbocycles. The molecule has 118 valence electrons. The van der Waals surface area contributed by atoms with Crippen LogP contribution >= 0.6 is 12.4 Å². The van der Waals surface area contributed by atoms with Crippen molar-refractivity contribution < 1.29 is 14.3 Å². The van der Waals surface area contributed by atoms with Gasteiger partial charge in [-0.2, -0.15) is 0 Å². The van der Waals surface area contributed by atoms with Crippen LogP contribution < -0.4 is 15.4 Å². The van der Waals surface area contributed by atoms with Crippen LogP contribution in [0, 0.1) is 0 Å². The maximum Gasteiger partial charge on any atom is 0.250 e. The Morgan fingerprint density at radius 3 is 2.90 bits per heavy atom. The highest BCUT2D eigenvalue weighted by Gasteiger charge is 2.21. The van der Waals surface area contributed by atoms with E-state index in [4.69, 9.17) is 9.47 Å². The first kappa shape index (κ1) is 17.8. The Morgan fingerprint density at radius 1 is 1.48 bits per heavy atom. The summed E-state index contributed by atoms with van der Waals surface area (Å²) in [5, 5.41) is 6.04. The molecule has 1 saturated heterocycles. The summed E-state index contributed by atoms with van der Waals surface area (Å²) >= 11 is 0. The molecule has 1 aliphatic heterocycles. The van der Waals surface area contributed by atoms with Crippen LogP contribution in [0.3, 0.4) is 0 Å². The molecule has 1 aliphatic rings. The van der Waals surface area contributed by atoms with Gasteiger partial charge in [0.25, 0.3) is 5.91 Å². The first-order valence-corrected chi connectivity index (χ1v) is 7.01. The van der Waals surface area contributed by atoms with Gasteiger partial charge in [-0.25, -0.2) is 0 Å². The number of hydrogen-bond donors (Lipinski definition) is 2. The van der Waals surface area contributed by atoms with Crippen molar-refractivity contribution >= 4 is 18.3 Å². The van der Waals surface area contributed by atoms with Gasteiger partial charge in [0.05, 0.1) is 12.7 Å². The van der Waals surface area contributed by atoms with E-state index in [-0.39, 0.29) is 24.4 Å². The number of ether oxygens (including phenoxy) is 2. The van der Waals surface area contributed by atoms with Gasteiger partial charge >= 0.3 is 0 Å². The van der Waals surface area contributed by atoms with Crippen molar-refractivity contribution in [2.45, 2.75) is 32.6 Å². The molecule has 1 unspecified atom stereocenters. The van der Waals surface area contributed by atoms with E-state index in [0.717, 1.165) is 17.9 Å². The van der Waals surface area contributed by atoms with Crippen molar-refractivity contribution in [1.82, 2.24) is 10.6 Å². The fourth-order valence-corrected chi connectivity index (χ4v) is 2.05. The van der Waals surface area contributed by atoms with Gasteiger partial charge < -0.3 is 20.1 Å². The molecule has 0 radical (unpaired) electrons. The average Bonchev–Trinajstić information content (AvgIpc) is 2.46. The lowest BCUT2D eigenvalue weighted by atomic mass is 10.2. The summed E-state index contributed by atoms with van der Waals surface area (Å²) in [6.45, 7) is 6.35. The molecule has 0 aromatic heterocycles. The minimum Gasteiger partial charge on any atom is -0.491 e. The third-order valence-corrected chi connectivity index (χ3v) is 3.01. The number of para-hydroxylation sites is 1. The molecule has 1 amide bonds. The van der Waals surface area contributed by atoms with Gasteiger partial charge in [0.2, 0.25) is 0 Å². The number of nitrogens with one attached hydrogen (secondary N) is 2. The summed E-state index contributed by atoms with van der Waals surface area (Å²) in [5.41, 5.74) is 0.971. The standard InChI is InChI=1S/C15H22N2O3.ClH/c1-11(2)20-13-6-4-3-5-12(13)9-17-15(18)14-10-16-7-8-19-14;/h3-6,11,14,16H,7-10H2,1-2H3,(H,17,18);1H. The van der Waals surface area contributed by atoms with E-state index in [1.807, 2.05) is 38.1 Å². The fourth-order valence-electron chi connectivity index (χ4n) is 2.05. The molecule has 0 spiro atoms. The van der Waals surface area contributed by atoms with E-state index in [2.05, 4.69) is 10.6 Å². The topological polar surface area (TPSA) is 59.6 Å². The monoisotopic (exact) mass is 314 g/mol.